The molecule has 10 heteroatoms. The molecule has 2 N–H and O–H groups in total. The number of ether oxygens (including phenoxy) is 2. The van der Waals surface area contributed by atoms with E-state index in [4.69, 9.17) is 19.4 Å². The number of rotatable bonds is 6. The summed E-state index contributed by atoms with van der Waals surface area (Å²) in [4.78, 5) is 22.8. The van der Waals surface area contributed by atoms with Crippen LogP contribution in [-0.4, -0.2) is 69.6 Å². The first kappa shape index (κ1) is 20.8. The standard InChI is InChI=1S/C25H27N7O3/c1-26-21-8-19(29-24-14(9-28-32(21)24)25(33)30-18-5-6-20(18)34-2)15-10-31(22-16-11-35-12-17(16)22)23-13(15)4-3-7-27-23/h3-4,7-10,16-18,20,22,26H,5-6,11-12H2,1-2H3,(H,30,33)/t16-,17+,18?,20-,22?/m1/s1. The molecule has 1 amide bonds. The normalized spacial score (nSPS) is 27.1. The molecule has 4 aromatic heterocycles. The lowest BCUT2D eigenvalue weighted by atomic mass is 9.89. The molecule has 2 unspecified atom stereocenters. The van der Waals surface area contributed by atoms with Crippen molar-refractivity contribution in [2.75, 3.05) is 32.7 Å². The molecule has 5 heterocycles. The Kier molecular flexibility index (Phi) is 4.62. The summed E-state index contributed by atoms with van der Waals surface area (Å²) < 4.78 is 15.0. The van der Waals surface area contributed by atoms with Gasteiger partial charge < -0.3 is 24.7 Å². The van der Waals surface area contributed by atoms with E-state index in [2.05, 4.69) is 32.6 Å². The summed E-state index contributed by atoms with van der Waals surface area (Å²) >= 11 is 0. The number of hydrogen-bond acceptors (Lipinski definition) is 7. The van der Waals surface area contributed by atoms with E-state index in [9.17, 15) is 4.79 Å². The van der Waals surface area contributed by atoms with Crippen molar-refractivity contribution in [2.45, 2.75) is 31.0 Å². The number of nitrogens with zero attached hydrogens (tertiary/aromatic N) is 5. The molecule has 5 atom stereocenters. The van der Waals surface area contributed by atoms with E-state index >= 15 is 0 Å². The molecule has 4 aromatic rings. The number of methoxy groups -OCH3 is 1. The molecule has 3 aliphatic rings. The average molecular weight is 474 g/mol. The van der Waals surface area contributed by atoms with E-state index in [1.165, 1.54) is 0 Å². The van der Waals surface area contributed by atoms with Gasteiger partial charge in [0.25, 0.3) is 5.91 Å². The molecular weight excluding hydrogens is 446 g/mol. The first-order chi connectivity index (χ1) is 17.2. The van der Waals surface area contributed by atoms with Gasteiger partial charge >= 0.3 is 0 Å². The maximum absolute atomic E-state index is 13.2. The number of carbonyl (C=O) groups excluding carboxylic acids is 1. The molecule has 0 radical (unpaired) electrons. The van der Waals surface area contributed by atoms with Crippen LogP contribution in [0.3, 0.4) is 0 Å². The summed E-state index contributed by atoms with van der Waals surface area (Å²) in [7, 11) is 3.52. The van der Waals surface area contributed by atoms with Gasteiger partial charge in [-0.05, 0) is 25.0 Å². The second kappa shape index (κ2) is 7.76. The van der Waals surface area contributed by atoms with Crippen molar-refractivity contribution in [1.29, 1.82) is 0 Å². The summed E-state index contributed by atoms with van der Waals surface area (Å²) in [5.41, 5.74) is 3.68. The van der Waals surface area contributed by atoms with Crippen molar-refractivity contribution in [1.82, 2.24) is 29.5 Å². The SMILES string of the molecule is CNc1cc(-c2cn(C3[C@H]4COC[C@@H]34)c3ncccc23)nc2c(C(=O)NC3CC[C@H]3OC)cnn12. The van der Waals surface area contributed by atoms with Crippen LogP contribution in [0.4, 0.5) is 5.82 Å². The van der Waals surface area contributed by atoms with Gasteiger partial charge in [-0.15, -0.1) is 0 Å². The highest BCUT2D eigenvalue weighted by Crippen LogP contribution is 2.55. The Morgan fingerprint density at radius 1 is 1.23 bits per heavy atom. The zero-order chi connectivity index (χ0) is 23.7. The number of aromatic nitrogens is 5. The molecule has 10 nitrogen and oxygen atoms in total. The van der Waals surface area contributed by atoms with Gasteiger partial charge in [0.05, 0.1) is 37.3 Å². The van der Waals surface area contributed by atoms with Crippen molar-refractivity contribution in [3.63, 3.8) is 0 Å². The minimum Gasteiger partial charge on any atom is -0.381 e. The highest BCUT2D eigenvalue weighted by Gasteiger charge is 2.55. The Bertz CT molecular complexity index is 1450. The van der Waals surface area contributed by atoms with E-state index in [0.717, 1.165) is 54.2 Å². The molecule has 3 fully saturated rings. The number of fused-ring (bicyclic) bond motifs is 3. The van der Waals surface area contributed by atoms with Gasteiger partial charge in [0.15, 0.2) is 5.65 Å². The van der Waals surface area contributed by atoms with Gasteiger partial charge in [0.2, 0.25) is 0 Å². The van der Waals surface area contributed by atoms with E-state index in [1.807, 2.05) is 25.4 Å². The molecular formula is C25H27N7O3. The zero-order valence-electron chi connectivity index (χ0n) is 19.6. The van der Waals surface area contributed by atoms with Gasteiger partial charge in [-0.25, -0.2) is 9.97 Å². The van der Waals surface area contributed by atoms with Crippen LogP contribution in [-0.2, 0) is 9.47 Å². The minimum atomic E-state index is -0.187. The Balaban J connectivity index is 1.32. The van der Waals surface area contributed by atoms with Crippen molar-refractivity contribution >= 4 is 28.4 Å². The quantitative estimate of drug-likeness (QED) is 0.443. The largest absolute Gasteiger partial charge is 0.381 e. The van der Waals surface area contributed by atoms with Crippen LogP contribution >= 0.6 is 0 Å². The molecule has 2 aliphatic carbocycles. The number of hydrogen-bond donors (Lipinski definition) is 2. The number of anilines is 1. The Labute approximate surface area is 201 Å². The third kappa shape index (κ3) is 3.09. The van der Waals surface area contributed by atoms with Crippen LogP contribution in [0.5, 0.6) is 0 Å². The topological polar surface area (TPSA) is 108 Å². The van der Waals surface area contributed by atoms with Gasteiger partial charge in [-0.2, -0.15) is 9.61 Å². The predicted octanol–water partition coefficient (Wildman–Crippen LogP) is 2.51. The van der Waals surface area contributed by atoms with Crippen LogP contribution in [0.1, 0.15) is 29.2 Å². The van der Waals surface area contributed by atoms with Crippen molar-refractivity contribution in [2.24, 2.45) is 11.8 Å². The highest BCUT2D eigenvalue weighted by atomic mass is 16.5. The van der Waals surface area contributed by atoms with Gasteiger partial charge in [0, 0.05) is 61.4 Å². The van der Waals surface area contributed by atoms with Crippen molar-refractivity contribution in [3.8, 4) is 11.3 Å². The molecule has 1 aliphatic heterocycles. The van der Waals surface area contributed by atoms with Crippen molar-refractivity contribution < 1.29 is 14.3 Å². The van der Waals surface area contributed by atoms with Crippen LogP contribution in [0.25, 0.3) is 27.9 Å². The first-order valence-electron chi connectivity index (χ1n) is 12.1. The predicted molar refractivity (Wildman–Crippen MR) is 129 cm³/mol. The second-order valence-corrected chi connectivity index (χ2v) is 9.68. The van der Waals surface area contributed by atoms with Gasteiger partial charge in [-0.3, -0.25) is 4.79 Å². The molecule has 7 rings (SSSR count). The molecule has 0 aromatic carbocycles. The lowest BCUT2D eigenvalue weighted by Crippen LogP contribution is -2.51. The van der Waals surface area contributed by atoms with Crippen LogP contribution in [0, 0.1) is 11.8 Å². The number of amides is 1. The molecule has 180 valence electrons. The van der Waals surface area contributed by atoms with E-state index in [0.29, 0.717) is 29.1 Å². The van der Waals surface area contributed by atoms with E-state index in [-0.39, 0.29) is 18.1 Å². The molecule has 35 heavy (non-hydrogen) atoms. The molecule has 2 saturated carbocycles. The third-order valence-corrected chi connectivity index (χ3v) is 7.90. The number of nitrogens with one attached hydrogen (secondary N) is 2. The van der Waals surface area contributed by atoms with Crippen LogP contribution in [0.2, 0.25) is 0 Å². The second-order valence-electron chi connectivity index (χ2n) is 9.68. The third-order valence-electron chi connectivity index (χ3n) is 7.90. The first-order valence-corrected chi connectivity index (χ1v) is 12.1. The lowest BCUT2D eigenvalue weighted by molar-refractivity contribution is 0.00732. The number of carbonyl (C=O) groups is 1. The van der Waals surface area contributed by atoms with Gasteiger partial charge in [-0.1, -0.05) is 0 Å². The maximum atomic E-state index is 13.2. The summed E-state index contributed by atoms with van der Waals surface area (Å²) in [5.74, 6) is 1.67. The molecule has 0 bridgehead atoms. The Morgan fingerprint density at radius 3 is 2.83 bits per heavy atom. The fourth-order valence-corrected chi connectivity index (χ4v) is 5.74. The van der Waals surface area contributed by atoms with Crippen molar-refractivity contribution in [3.05, 3.63) is 42.4 Å². The smallest absolute Gasteiger partial charge is 0.257 e. The monoisotopic (exact) mass is 473 g/mol. The summed E-state index contributed by atoms with van der Waals surface area (Å²) in [6.45, 7) is 1.62. The maximum Gasteiger partial charge on any atom is 0.257 e. The van der Waals surface area contributed by atoms with Crippen LogP contribution in [0.15, 0.2) is 36.8 Å². The molecule has 0 spiro atoms. The Hall–Kier alpha value is -3.50. The fraction of sp³-hybridized carbons (Fsp3) is 0.440. The fourth-order valence-electron chi connectivity index (χ4n) is 5.74. The van der Waals surface area contributed by atoms with Gasteiger partial charge in [0.1, 0.15) is 17.0 Å². The average Bonchev–Trinajstić information content (AvgIpc) is 3.29. The lowest BCUT2D eigenvalue weighted by Gasteiger charge is -2.35. The summed E-state index contributed by atoms with van der Waals surface area (Å²) in [6.07, 6.45) is 7.49. The Morgan fingerprint density at radius 2 is 2.09 bits per heavy atom. The van der Waals surface area contributed by atoms with Crippen LogP contribution < -0.4 is 10.6 Å². The summed E-state index contributed by atoms with van der Waals surface area (Å²) in [5, 5.41) is 11.8. The highest BCUT2D eigenvalue weighted by molar-refractivity contribution is 6.01. The summed E-state index contributed by atoms with van der Waals surface area (Å²) in [6, 6.07) is 6.43. The molecule has 1 saturated heterocycles. The number of pyridine rings is 1. The minimum absolute atomic E-state index is 0.0143. The van der Waals surface area contributed by atoms with E-state index < -0.39 is 0 Å². The van der Waals surface area contributed by atoms with E-state index in [1.54, 1.807) is 17.8 Å². The zero-order valence-corrected chi connectivity index (χ0v) is 19.6.